The summed E-state index contributed by atoms with van der Waals surface area (Å²) in [6.07, 6.45) is 0.276. The number of halogens is 1. The van der Waals surface area contributed by atoms with E-state index in [0.29, 0.717) is 6.42 Å². The summed E-state index contributed by atoms with van der Waals surface area (Å²) in [5.41, 5.74) is 2.06. The number of rotatable bonds is 4. The molecule has 74 valence electrons. The maximum atomic E-state index is 10.9. The Kier molecular flexibility index (Phi) is 8.69. The van der Waals surface area contributed by atoms with E-state index >= 15 is 0 Å². The summed E-state index contributed by atoms with van der Waals surface area (Å²) in [6, 6.07) is 0. The van der Waals surface area contributed by atoms with Crippen LogP contribution < -0.4 is 11.3 Å². The van der Waals surface area contributed by atoms with Crippen LogP contribution in [0.2, 0.25) is 0 Å². The van der Waals surface area contributed by atoms with E-state index in [-0.39, 0.29) is 24.4 Å². The summed E-state index contributed by atoms with van der Waals surface area (Å²) in [5.74, 6) is 4.68. The third-order valence-corrected chi connectivity index (χ3v) is 1.24. The minimum absolute atomic E-state index is 0. The zero-order valence-electron chi connectivity index (χ0n) is 7.66. The summed E-state index contributed by atoms with van der Waals surface area (Å²) in [7, 11) is 0. The van der Waals surface area contributed by atoms with Gasteiger partial charge in [-0.15, -0.1) is 12.4 Å². The molecular weight excluding hydrogens is 180 g/mol. The molecular formula is C7H17ClN2O2. The molecule has 0 spiro atoms. The van der Waals surface area contributed by atoms with Crippen LogP contribution in [0.3, 0.4) is 0 Å². The molecule has 0 aliphatic carbocycles. The molecule has 0 aliphatic heterocycles. The van der Waals surface area contributed by atoms with E-state index in [1.807, 2.05) is 20.8 Å². The third kappa shape index (κ3) is 5.35. The van der Waals surface area contributed by atoms with E-state index in [2.05, 4.69) is 5.43 Å². The smallest absolute Gasteiger partial charge is 0.262 e. The van der Waals surface area contributed by atoms with Crippen LogP contribution in [0, 0.1) is 0 Å². The van der Waals surface area contributed by atoms with Crippen LogP contribution in [0.5, 0.6) is 0 Å². The predicted molar refractivity (Wildman–Crippen MR) is 49.9 cm³/mol. The first-order valence-corrected chi connectivity index (χ1v) is 3.77. The average Bonchev–Trinajstić information content (AvgIpc) is 1.98. The SMILES string of the molecule is CCC(OC(C)C)C(=O)NN.Cl. The second-order valence-corrected chi connectivity index (χ2v) is 2.59. The number of hydrazine groups is 1. The van der Waals surface area contributed by atoms with Crippen molar-refractivity contribution >= 4 is 18.3 Å². The number of nitrogens with two attached hydrogens (primary N) is 1. The van der Waals surface area contributed by atoms with Gasteiger partial charge in [-0.25, -0.2) is 5.84 Å². The molecule has 0 fully saturated rings. The molecule has 0 bridgehead atoms. The molecule has 12 heavy (non-hydrogen) atoms. The Balaban J connectivity index is 0. The van der Waals surface area contributed by atoms with Gasteiger partial charge in [0.1, 0.15) is 6.10 Å². The highest BCUT2D eigenvalue weighted by Gasteiger charge is 2.16. The zero-order valence-corrected chi connectivity index (χ0v) is 8.48. The van der Waals surface area contributed by atoms with E-state index in [1.165, 1.54) is 0 Å². The van der Waals surface area contributed by atoms with Crippen molar-refractivity contribution in [2.24, 2.45) is 5.84 Å². The minimum atomic E-state index is -0.417. The largest absolute Gasteiger partial charge is 0.366 e. The third-order valence-electron chi connectivity index (χ3n) is 1.24. The van der Waals surface area contributed by atoms with E-state index in [4.69, 9.17) is 10.6 Å². The number of nitrogens with one attached hydrogen (secondary N) is 1. The van der Waals surface area contributed by atoms with Gasteiger partial charge in [-0.05, 0) is 20.3 Å². The van der Waals surface area contributed by atoms with Gasteiger partial charge in [-0.3, -0.25) is 10.2 Å². The van der Waals surface area contributed by atoms with Crippen LogP contribution >= 0.6 is 12.4 Å². The normalized spacial score (nSPS) is 12.1. The number of hydrogen-bond donors (Lipinski definition) is 2. The Morgan fingerprint density at radius 2 is 2.08 bits per heavy atom. The number of carbonyl (C=O) groups excluding carboxylic acids is 1. The quantitative estimate of drug-likeness (QED) is 0.393. The van der Waals surface area contributed by atoms with Crippen molar-refractivity contribution < 1.29 is 9.53 Å². The van der Waals surface area contributed by atoms with Crippen molar-refractivity contribution in [1.29, 1.82) is 0 Å². The number of ether oxygens (including phenoxy) is 1. The highest BCUT2D eigenvalue weighted by Crippen LogP contribution is 2.01. The second-order valence-electron chi connectivity index (χ2n) is 2.59. The fourth-order valence-corrected chi connectivity index (χ4v) is 0.765. The van der Waals surface area contributed by atoms with Gasteiger partial charge >= 0.3 is 0 Å². The van der Waals surface area contributed by atoms with Crippen LogP contribution in [0.4, 0.5) is 0 Å². The van der Waals surface area contributed by atoms with Crippen molar-refractivity contribution in [2.45, 2.75) is 39.4 Å². The predicted octanol–water partition coefficient (Wildman–Crippen LogP) is 0.602. The lowest BCUT2D eigenvalue weighted by molar-refractivity contribution is -0.135. The Labute approximate surface area is 79.2 Å². The summed E-state index contributed by atoms with van der Waals surface area (Å²) in [6.45, 7) is 5.64. The zero-order chi connectivity index (χ0) is 8.85. The van der Waals surface area contributed by atoms with Gasteiger partial charge in [-0.2, -0.15) is 0 Å². The summed E-state index contributed by atoms with van der Waals surface area (Å²) >= 11 is 0. The molecule has 1 unspecified atom stereocenters. The average molecular weight is 197 g/mol. The lowest BCUT2D eigenvalue weighted by Gasteiger charge is -2.16. The van der Waals surface area contributed by atoms with Gasteiger partial charge in [-0.1, -0.05) is 6.92 Å². The molecule has 0 aromatic rings. The number of carbonyl (C=O) groups is 1. The lowest BCUT2D eigenvalue weighted by atomic mass is 10.2. The maximum Gasteiger partial charge on any atom is 0.262 e. The molecule has 5 heteroatoms. The second kappa shape index (κ2) is 7.34. The first-order valence-electron chi connectivity index (χ1n) is 3.77. The number of amides is 1. The first kappa shape index (κ1) is 14.2. The maximum absolute atomic E-state index is 10.9. The van der Waals surface area contributed by atoms with Gasteiger partial charge < -0.3 is 4.74 Å². The Morgan fingerprint density at radius 1 is 1.58 bits per heavy atom. The molecule has 0 saturated carbocycles. The van der Waals surface area contributed by atoms with E-state index in [9.17, 15) is 4.79 Å². The van der Waals surface area contributed by atoms with Gasteiger partial charge in [0.05, 0.1) is 6.10 Å². The van der Waals surface area contributed by atoms with Crippen molar-refractivity contribution in [1.82, 2.24) is 5.43 Å². The Morgan fingerprint density at radius 3 is 2.33 bits per heavy atom. The number of hydrogen-bond acceptors (Lipinski definition) is 3. The molecule has 0 saturated heterocycles. The molecule has 1 amide bonds. The van der Waals surface area contributed by atoms with Crippen LogP contribution in [0.1, 0.15) is 27.2 Å². The first-order chi connectivity index (χ1) is 5.11. The van der Waals surface area contributed by atoms with Crippen LogP contribution in [-0.4, -0.2) is 18.1 Å². The monoisotopic (exact) mass is 196 g/mol. The lowest BCUT2D eigenvalue weighted by Crippen LogP contribution is -2.41. The molecule has 0 aromatic carbocycles. The van der Waals surface area contributed by atoms with Gasteiger partial charge in [0.25, 0.3) is 5.91 Å². The highest BCUT2D eigenvalue weighted by molar-refractivity contribution is 5.85. The molecule has 3 N–H and O–H groups in total. The Bertz CT molecular complexity index is 131. The molecule has 0 radical (unpaired) electrons. The minimum Gasteiger partial charge on any atom is -0.366 e. The van der Waals surface area contributed by atoms with Crippen molar-refractivity contribution in [3.8, 4) is 0 Å². The summed E-state index contributed by atoms with van der Waals surface area (Å²) < 4.78 is 5.26. The van der Waals surface area contributed by atoms with E-state index in [1.54, 1.807) is 0 Å². The fourth-order valence-electron chi connectivity index (χ4n) is 0.765. The van der Waals surface area contributed by atoms with Crippen molar-refractivity contribution in [2.75, 3.05) is 0 Å². The molecule has 4 nitrogen and oxygen atoms in total. The highest BCUT2D eigenvalue weighted by atomic mass is 35.5. The molecule has 0 aliphatic rings. The van der Waals surface area contributed by atoms with E-state index < -0.39 is 6.10 Å². The fraction of sp³-hybridized carbons (Fsp3) is 0.857. The van der Waals surface area contributed by atoms with Gasteiger partial charge in [0.15, 0.2) is 0 Å². The van der Waals surface area contributed by atoms with Gasteiger partial charge in [0, 0.05) is 0 Å². The molecule has 1 atom stereocenters. The van der Waals surface area contributed by atoms with E-state index in [0.717, 1.165) is 0 Å². The van der Waals surface area contributed by atoms with Crippen LogP contribution in [0.25, 0.3) is 0 Å². The Hall–Kier alpha value is -0.320. The van der Waals surface area contributed by atoms with Crippen molar-refractivity contribution in [3.63, 3.8) is 0 Å². The molecule has 0 aromatic heterocycles. The van der Waals surface area contributed by atoms with Gasteiger partial charge in [0.2, 0.25) is 0 Å². The molecule has 0 heterocycles. The van der Waals surface area contributed by atoms with Crippen LogP contribution in [0.15, 0.2) is 0 Å². The summed E-state index contributed by atoms with van der Waals surface area (Å²) in [4.78, 5) is 10.9. The standard InChI is InChI=1S/C7H16N2O2.ClH/c1-4-6(7(10)9-8)11-5(2)3;/h5-6H,4,8H2,1-3H3,(H,9,10);1H. The topological polar surface area (TPSA) is 64.3 Å². The van der Waals surface area contributed by atoms with Crippen LogP contribution in [-0.2, 0) is 9.53 Å². The molecule has 0 rings (SSSR count). The van der Waals surface area contributed by atoms with Crippen molar-refractivity contribution in [3.05, 3.63) is 0 Å². The summed E-state index contributed by atoms with van der Waals surface area (Å²) in [5, 5.41) is 0.